The molecule has 18 heteroatoms. The zero-order chi connectivity index (χ0) is 47.7. The smallest absolute Gasteiger partial charge is 0.321 e. The number of nitrogens with one attached hydrogen (secondary N) is 3. The number of likely N-dealkylation sites (tertiary alicyclic amines) is 1. The van der Waals surface area contributed by atoms with Gasteiger partial charge in [-0.05, 0) is 49.8 Å². The molecule has 6 atom stereocenters. The Labute approximate surface area is 374 Å². The number of ketones is 1. The first kappa shape index (κ1) is 52.3. The molecule has 348 valence electrons. The maximum absolute atomic E-state index is 14.5. The van der Waals surface area contributed by atoms with Crippen LogP contribution in [-0.2, 0) is 50.8 Å². The molecule has 0 spiro atoms. The van der Waals surface area contributed by atoms with Crippen LogP contribution in [0.3, 0.4) is 0 Å². The monoisotopic (exact) mass is 897 g/mol. The lowest BCUT2D eigenvalue weighted by Gasteiger charge is -2.39. The maximum Gasteiger partial charge on any atom is 0.321 e. The van der Waals surface area contributed by atoms with Crippen LogP contribution >= 0.6 is 11.8 Å². The topological polar surface area (TPSA) is 251 Å². The number of para-hydroxylation sites is 1. The number of nitrogens with zero attached hydrogens (tertiary/aromatic N) is 3. The number of carboxylic acid groups (broad SMARTS) is 2. The van der Waals surface area contributed by atoms with Crippen molar-refractivity contribution in [2.75, 3.05) is 26.4 Å². The Bertz CT molecular complexity index is 2070. The van der Waals surface area contributed by atoms with E-state index in [-0.39, 0.29) is 61.3 Å². The van der Waals surface area contributed by atoms with Gasteiger partial charge in [0.05, 0.1) is 23.4 Å². The molecule has 0 aliphatic carbocycles. The molecule has 17 nitrogen and oxygen atoms in total. The van der Waals surface area contributed by atoms with Crippen LogP contribution in [0.15, 0.2) is 42.1 Å². The number of aromatic nitrogens is 1. The molecule has 1 fully saturated rings. The van der Waals surface area contributed by atoms with Crippen molar-refractivity contribution >= 4 is 69.9 Å². The van der Waals surface area contributed by atoms with Crippen LogP contribution in [0.2, 0.25) is 0 Å². The summed E-state index contributed by atoms with van der Waals surface area (Å²) in [4.78, 5) is 106. The quantitative estimate of drug-likeness (QED) is 0.0695. The summed E-state index contributed by atoms with van der Waals surface area (Å²) in [6, 6.07) is 3.24. The average Bonchev–Trinajstić information content (AvgIpc) is 3.69. The summed E-state index contributed by atoms with van der Waals surface area (Å²) in [5.74, 6) is -5.52. The van der Waals surface area contributed by atoms with E-state index in [0.29, 0.717) is 0 Å². The number of amides is 5. The Kier molecular flexibility index (Phi) is 18.3. The number of imide groups is 1. The van der Waals surface area contributed by atoms with Crippen molar-refractivity contribution in [1.29, 1.82) is 0 Å². The number of carbonyl (C=O) groups is 8. The van der Waals surface area contributed by atoms with Crippen LogP contribution in [-0.4, -0.2) is 134 Å². The van der Waals surface area contributed by atoms with E-state index in [0.717, 1.165) is 33.1 Å². The number of nitrogens with two attached hydrogens (primary N) is 1. The van der Waals surface area contributed by atoms with E-state index < -0.39 is 88.2 Å². The lowest BCUT2D eigenvalue weighted by Crippen LogP contribution is -2.61. The van der Waals surface area contributed by atoms with Gasteiger partial charge in [0.25, 0.3) is 0 Å². The number of thioether (sulfide) groups is 1. The van der Waals surface area contributed by atoms with Gasteiger partial charge in [-0.15, -0.1) is 11.8 Å². The molecule has 0 saturated carbocycles. The van der Waals surface area contributed by atoms with Gasteiger partial charge in [0, 0.05) is 73.7 Å². The molecule has 7 N–H and O–H groups in total. The SMILES string of the molecule is CN[C@H](C(=O)N[C@H](C(=O)N(C)[C@H](/C=C(\C)C(=O)N[C@H](CCC(=O)O)C(=O)CCCN1C(=O)CC(SC[C@H](N)C(=O)O)C1=O)C(C)C)C(C)(C)C)C(C)(C)c1cn(C)c2ccccc12. The molecule has 1 unspecified atom stereocenters. The molecule has 1 aromatic heterocycles. The number of likely N-dealkylation sites (N-methyl/N-ethyl adjacent to an activating group) is 2. The summed E-state index contributed by atoms with van der Waals surface area (Å²) >= 11 is 0.981. The molecule has 2 heterocycles. The van der Waals surface area contributed by atoms with Crippen LogP contribution < -0.4 is 21.7 Å². The third-order valence-electron chi connectivity index (χ3n) is 11.7. The molecule has 1 aliphatic heterocycles. The summed E-state index contributed by atoms with van der Waals surface area (Å²) in [5.41, 5.74) is 6.26. The highest BCUT2D eigenvalue weighted by Gasteiger charge is 2.43. The minimum Gasteiger partial charge on any atom is -0.481 e. The van der Waals surface area contributed by atoms with Gasteiger partial charge in [0.15, 0.2) is 5.78 Å². The fraction of sp³-hybridized carbons (Fsp3) is 0.600. The highest BCUT2D eigenvalue weighted by Crippen LogP contribution is 2.35. The number of benzene rings is 1. The van der Waals surface area contributed by atoms with Gasteiger partial charge in [0.2, 0.25) is 29.5 Å². The third kappa shape index (κ3) is 13.2. The first-order chi connectivity index (χ1) is 29.2. The molecular weight excluding hydrogens is 831 g/mol. The van der Waals surface area contributed by atoms with Crippen LogP contribution in [0.5, 0.6) is 0 Å². The number of fused-ring (bicyclic) bond motifs is 1. The zero-order valence-corrected chi connectivity index (χ0v) is 39.3. The van der Waals surface area contributed by atoms with Crippen molar-refractivity contribution in [2.24, 2.45) is 24.1 Å². The molecular formula is C45H67N7O10S. The summed E-state index contributed by atoms with van der Waals surface area (Å²) in [6.45, 7) is 14.8. The lowest BCUT2D eigenvalue weighted by atomic mass is 9.76. The molecule has 0 radical (unpaired) electrons. The number of rotatable bonds is 23. The van der Waals surface area contributed by atoms with E-state index >= 15 is 0 Å². The Morgan fingerprint density at radius 1 is 1.00 bits per heavy atom. The molecule has 2 aromatic rings. The first-order valence-corrected chi connectivity index (χ1v) is 22.3. The Morgan fingerprint density at radius 2 is 1.63 bits per heavy atom. The van der Waals surface area contributed by atoms with Crippen molar-refractivity contribution < 1.29 is 48.6 Å². The van der Waals surface area contributed by atoms with E-state index in [2.05, 4.69) is 16.0 Å². The normalized spacial score (nSPS) is 17.3. The molecule has 1 aromatic carbocycles. The molecule has 5 amide bonds. The number of aliphatic carboxylic acids is 2. The number of hydrogen-bond acceptors (Lipinski definition) is 11. The van der Waals surface area contributed by atoms with Gasteiger partial charge in [-0.1, -0.05) is 72.7 Å². The van der Waals surface area contributed by atoms with Gasteiger partial charge < -0.3 is 41.4 Å². The van der Waals surface area contributed by atoms with Gasteiger partial charge in [0.1, 0.15) is 12.1 Å². The van der Waals surface area contributed by atoms with E-state index in [1.165, 1.54) is 11.8 Å². The summed E-state index contributed by atoms with van der Waals surface area (Å²) in [6.07, 6.45) is 2.76. The van der Waals surface area contributed by atoms with Crippen LogP contribution in [0.25, 0.3) is 10.9 Å². The van der Waals surface area contributed by atoms with E-state index in [9.17, 15) is 43.5 Å². The first-order valence-electron chi connectivity index (χ1n) is 21.2. The second kappa shape index (κ2) is 22.0. The van der Waals surface area contributed by atoms with Gasteiger partial charge in [-0.3, -0.25) is 43.3 Å². The van der Waals surface area contributed by atoms with Gasteiger partial charge >= 0.3 is 11.9 Å². The molecule has 0 bridgehead atoms. The average molecular weight is 898 g/mol. The van der Waals surface area contributed by atoms with Gasteiger partial charge in [-0.25, -0.2) is 0 Å². The minimum atomic E-state index is -1.23. The number of hydrogen-bond donors (Lipinski definition) is 6. The zero-order valence-electron chi connectivity index (χ0n) is 38.4. The molecule has 63 heavy (non-hydrogen) atoms. The Morgan fingerprint density at radius 3 is 2.21 bits per heavy atom. The van der Waals surface area contributed by atoms with Gasteiger partial charge in [-0.2, -0.15) is 0 Å². The summed E-state index contributed by atoms with van der Waals surface area (Å²) in [5, 5.41) is 27.6. The highest BCUT2D eigenvalue weighted by molar-refractivity contribution is 8.00. The largest absolute Gasteiger partial charge is 0.481 e. The van der Waals surface area contributed by atoms with E-state index in [4.69, 9.17) is 10.8 Å². The minimum absolute atomic E-state index is 0.0557. The molecule has 3 rings (SSSR count). The molecule has 1 saturated heterocycles. The van der Waals surface area contributed by atoms with Crippen molar-refractivity contribution in [2.45, 2.75) is 128 Å². The fourth-order valence-corrected chi connectivity index (χ4v) is 9.00. The van der Waals surface area contributed by atoms with Crippen LogP contribution in [0.4, 0.5) is 0 Å². The Hall–Kier alpha value is -5.07. The highest BCUT2D eigenvalue weighted by atomic mass is 32.2. The number of carbonyl (C=O) groups excluding carboxylic acids is 6. The van der Waals surface area contributed by atoms with Crippen molar-refractivity contribution in [3.05, 3.63) is 47.7 Å². The standard InChI is InChI=1S/C45H67N7O10S/c1-25(2)32(51(11)42(60)38(44(4,5)6)49-40(58)37(47-9)45(7,8)28-23-50(10)31-16-13-12-15-27(28)31)21-26(3)39(57)48-30(18-19-36(55)56)33(53)17-14-20-52-35(54)22-34(41(52)59)63-24-29(46)43(61)62/h12-13,15-16,21,23,25,29-30,32,34,37-38,47H,14,17-20,22,24,46H2,1-11H3,(H,48,57)(H,49,58)(H,55,56)(H,61,62)/b26-21+/t29-,30+,32+,34?,37+,38+/m0/s1. The summed E-state index contributed by atoms with van der Waals surface area (Å²) in [7, 11) is 5.28. The predicted octanol–water partition coefficient (Wildman–Crippen LogP) is 2.98. The second-order valence-electron chi connectivity index (χ2n) is 18.3. The number of aryl methyl sites for hydroxylation is 1. The van der Waals surface area contributed by atoms with Crippen molar-refractivity contribution in [1.82, 2.24) is 30.3 Å². The van der Waals surface area contributed by atoms with E-state index in [1.807, 2.05) is 90.5 Å². The van der Waals surface area contributed by atoms with E-state index in [1.54, 1.807) is 20.2 Å². The van der Waals surface area contributed by atoms with Crippen LogP contribution in [0, 0.1) is 11.3 Å². The third-order valence-corrected chi connectivity index (χ3v) is 13.0. The lowest BCUT2D eigenvalue weighted by molar-refractivity contribution is -0.141. The van der Waals surface area contributed by atoms with Crippen molar-refractivity contribution in [3.63, 3.8) is 0 Å². The predicted molar refractivity (Wildman–Crippen MR) is 242 cm³/mol. The van der Waals surface area contributed by atoms with Crippen molar-refractivity contribution in [3.8, 4) is 0 Å². The molecule has 1 aliphatic rings. The second-order valence-corrected chi connectivity index (χ2v) is 19.6. The maximum atomic E-state index is 14.5. The Balaban J connectivity index is 1.75. The number of Topliss-reactive ketones (excluding diaryl/α,β-unsaturated/α-hetero) is 1. The fourth-order valence-electron chi connectivity index (χ4n) is 7.89. The number of carboxylic acids is 2. The summed E-state index contributed by atoms with van der Waals surface area (Å²) < 4.78 is 2.02. The van der Waals surface area contributed by atoms with Crippen LogP contribution in [0.1, 0.15) is 93.1 Å².